The van der Waals surface area contributed by atoms with E-state index < -0.39 is 0 Å². The third-order valence-electron chi connectivity index (χ3n) is 2.43. The Kier molecular flexibility index (Phi) is 5.34. The highest BCUT2D eigenvalue weighted by molar-refractivity contribution is 5.34. The summed E-state index contributed by atoms with van der Waals surface area (Å²) in [4.78, 5) is 3.66. The second kappa shape index (κ2) is 6.83. The summed E-state index contributed by atoms with van der Waals surface area (Å²) < 4.78 is 0. The maximum absolute atomic E-state index is 3.91. The van der Waals surface area contributed by atoms with Crippen LogP contribution in [0.25, 0.3) is 0 Å². The summed E-state index contributed by atoms with van der Waals surface area (Å²) in [5, 5.41) is 3.39. The molecule has 1 aliphatic rings. The zero-order valence-electron chi connectivity index (χ0n) is 10.00. The van der Waals surface area contributed by atoms with Gasteiger partial charge in [0.2, 0.25) is 0 Å². The molecule has 0 spiro atoms. The zero-order chi connectivity index (χ0) is 11.8. The van der Waals surface area contributed by atoms with Crippen LogP contribution in [0.5, 0.6) is 0 Å². The fourth-order valence-electron chi connectivity index (χ4n) is 1.62. The molecule has 2 heteroatoms. The van der Waals surface area contributed by atoms with Gasteiger partial charge in [0.05, 0.1) is 0 Å². The Bertz CT molecular complexity index is 346. The number of rotatable bonds is 6. The van der Waals surface area contributed by atoms with Crippen molar-refractivity contribution in [1.82, 2.24) is 5.32 Å². The molecule has 1 rings (SSSR count). The number of nitrogens with zero attached hydrogens (tertiary/aromatic N) is 1. The minimum atomic E-state index is 0.921. The summed E-state index contributed by atoms with van der Waals surface area (Å²) in [7, 11) is 0. The van der Waals surface area contributed by atoms with Crippen LogP contribution in [0, 0.1) is 0 Å². The first-order chi connectivity index (χ1) is 7.72. The largest absolute Gasteiger partial charge is 0.384 e. The Morgan fingerprint density at radius 1 is 1.62 bits per heavy atom. The van der Waals surface area contributed by atoms with Crippen molar-refractivity contribution in [3.8, 4) is 0 Å². The lowest BCUT2D eigenvalue weighted by molar-refractivity contribution is 0.754. The lowest BCUT2D eigenvalue weighted by Gasteiger charge is -2.02. The van der Waals surface area contributed by atoms with Gasteiger partial charge in [-0.05, 0) is 50.6 Å². The molecule has 0 radical (unpaired) electrons. The Morgan fingerprint density at radius 2 is 2.44 bits per heavy atom. The molecule has 1 aliphatic heterocycles. The Hall–Kier alpha value is -1.57. The normalized spacial score (nSPS) is 17.6. The highest BCUT2D eigenvalue weighted by Gasteiger charge is 2.06. The van der Waals surface area contributed by atoms with Crippen LogP contribution in [-0.2, 0) is 0 Å². The van der Waals surface area contributed by atoms with Crippen molar-refractivity contribution in [3.63, 3.8) is 0 Å². The molecule has 0 aliphatic carbocycles. The Balaban J connectivity index is 2.37. The molecule has 0 saturated carbocycles. The van der Waals surface area contributed by atoms with Crippen LogP contribution in [0.1, 0.15) is 26.2 Å². The van der Waals surface area contributed by atoms with E-state index in [4.69, 9.17) is 0 Å². The molecule has 0 aromatic carbocycles. The van der Waals surface area contributed by atoms with Gasteiger partial charge in [-0.3, -0.25) is 4.99 Å². The van der Waals surface area contributed by atoms with Gasteiger partial charge in [-0.2, -0.15) is 0 Å². The number of hydrogen-bond donors (Lipinski definition) is 1. The van der Waals surface area contributed by atoms with Crippen molar-refractivity contribution < 1.29 is 0 Å². The standard InChI is InChI=1S/C14H20N2/c1-12(2)6-4-8-14-10-13(11-16-14)7-5-9-15-3/h5,7,9-10,16H,1,3-4,6,8,11H2,2H3/b9-5-,13-7-. The summed E-state index contributed by atoms with van der Waals surface area (Å²) >= 11 is 0. The number of allylic oxidation sites excluding steroid dienone is 4. The number of aliphatic imine (C=N–C) groups is 1. The van der Waals surface area contributed by atoms with Crippen LogP contribution in [0.4, 0.5) is 0 Å². The van der Waals surface area contributed by atoms with Crippen LogP contribution in [0.15, 0.2) is 52.8 Å². The molecule has 0 amide bonds. The molecule has 0 fully saturated rings. The molecule has 0 aromatic heterocycles. The maximum Gasteiger partial charge on any atom is 0.0398 e. The highest BCUT2D eigenvalue weighted by Crippen LogP contribution is 2.15. The maximum atomic E-state index is 3.91. The monoisotopic (exact) mass is 216 g/mol. The van der Waals surface area contributed by atoms with Crippen LogP contribution in [0.2, 0.25) is 0 Å². The predicted octanol–water partition coefficient (Wildman–Crippen LogP) is 3.36. The summed E-state index contributed by atoms with van der Waals surface area (Å²) in [5.41, 5.74) is 3.88. The van der Waals surface area contributed by atoms with Gasteiger partial charge in [-0.1, -0.05) is 11.6 Å². The predicted molar refractivity (Wildman–Crippen MR) is 71.5 cm³/mol. The molecule has 0 bridgehead atoms. The average Bonchev–Trinajstić information content (AvgIpc) is 2.66. The molecule has 0 aromatic rings. The van der Waals surface area contributed by atoms with E-state index in [1.54, 1.807) is 6.20 Å². The minimum Gasteiger partial charge on any atom is -0.384 e. The van der Waals surface area contributed by atoms with Gasteiger partial charge in [-0.15, -0.1) is 6.58 Å². The van der Waals surface area contributed by atoms with E-state index in [0.29, 0.717) is 0 Å². The molecule has 16 heavy (non-hydrogen) atoms. The van der Waals surface area contributed by atoms with Crippen molar-refractivity contribution in [2.45, 2.75) is 26.2 Å². The van der Waals surface area contributed by atoms with Gasteiger partial charge in [0, 0.05) is 18.4 Å². The molecule has 86 valence electrons. The van der Waals surface area contributed by atoms with E-state index in [9.17, 15) is 0 Å². The van der Waals surface area contributed by atoms with Crippen LogP contribution in [-0.4, -0.2) is 13.3 Å². The summed E-state index contributed by atoms with van der Waals surface area (Å²) in [6.07, 6.45) is 11.3. The lowest BCUT2D eigenvalue weighted by Crippen LogP contribution is -2.07. The first-order valence-electron chi connectivity index (χ1n) is 5.62. The molecular weight excluding hydrogens is 196 g/mol. The highest BCUT2D eigenvalue weighted by atomic mass is 14.9. The smallest absolute Gasteiger partial charge is 0.0398 e. The van der Waals surface area contributed by atoms with Gasteiger partial charge >= 0.3 is 0 Å². The van der Waals surface area contributed by atoms with Crippen molar-refractivity contribution in [2.75, 3.05) is 6.54 Å². The van der Waals surface area contributed by atoms with E-state index in [1.165, 1.54) is 23.3 Å². The molecule has 2 nitrogen and oxygen atoms in total. The van der Waals surface area contributed by atoms with Gasteiger partial charge < -0.3 is 5.32 Å². The molecule has 0 unspecified atom stereocenters. The lowest BCUT2D eigenvalue weighted by atomic mass is 10.1. The van der Waals surface area contributed by atoms with Gasteiger partial charge in [0.25, 0.3) is 0 Å². The second-order valence-corrected chi connectivity index (χ2v) is 4.10. The Labute approximate surface area is 98.2 Å². The summed E-state index contributed by atoms with van der Waals surface area (Å²) in [5.74, 6) is 0. The Morgan fingerprint density at radius 3 is 3.12 bits per heavy atom. The van der Waals surface area contributed by atoms with E-state index >= 15 is 0 Å². The fraction of sp³-hybridized carbons (Fsp3) is 0.357. The van der Waals surface area contributed by atoms with Crippen LogP contribution >= 0.6 is 0 Å². The van der Waals surface area contributed by atoms with Crippen molar-refractivity contribution in [1.29, 1.82) is 0 Å². The fourth-order valence-corrected chi connectivity index (χ4v) is 1.62. The van der Waals surface area contributed by atoms with Crippen molar-refractivity contribution in [2.24, 2.45) is 4.99 Å². The quantitative estimate of drug-likeness (QED) is 0.534. The van der Waals surface area contributed by atoms with Crippen LogP contribution in [0.3, 0.4) is 0 Å². The van der Waals surface area contributed by atoms with Crippen molar-refractivity contribution in [3.05, 3.63) is 47.9 Å². The number of hydrogen-bond acceptors (Lipinski definition) is 2. The SMILES string of the molecule is C=N/C=C\C=C1\C=C(CCCC(=C)C)NC1. The first kappa shape index (κ1) is 12.5. The number of nitrogens with one attached hydrogen (secondary N) is 1. The van der Waals surface area contributed by atoms with Crippen LogP contribution < -0.4 is 5.32 Å². The zero-order valence-corrected chi connectivity index (χ0v) is 10.00. The minimum absolute atomic E-state index is 0.921. The first-order valence-corrected chi connectivity index (χ1v) is 5.62. The third-order valence-corrected chi connectivity index (χ3v) is 2.43. The summed E-state index contributed by atoms with van der Waals surface area (Å²) in [6, 6.07) is 0. The second-order valence-electron chi connectivity index (χ2n) is 4.10. The van der Waals surface area contributed by atoms with E-state index in [-0.39, 0.29) is 0 Å². The molecule has 0 saturated heterocycles. The summed E-state index contributed by atoms with van der Waals surface area (Å²) in [6.45, 7) is 10.3. The van der Waals surface area contributed by atoms with Crippen molar-refractivity contribution >= 4 is 6.72 Å². The van der Waals surface area contributed by atoms with Gasteiger partial charge in [0.1, 0.15) is 0 Å². The van der Waals surface area contributed by atoms with E-state index in [1.807, 2.05) is 6.08 Å². The molecule has 0 atom stereocenters. The molecule has 1 N–H and O–H groups in total. The molecular formula is C14H20N2. The van der Waals surface area contributed by atoms with Gasteiger partial charge in [0.15, 0.2) is 0 Å². The third kappa shape index (κ3) is 4.78. The molecule has 1 heterocycles. The topological polar surface area (TPSA) is 24.4 Å². The van der Waals surface area contributed by atoms with E-state index in [0.717, 1.165) is 19.4 Å². The average molecular weight is 216 g/mol. The van der Waals surface area contributed by atoms with Gasteiger partial charge in [-0.25, -0.2) is 0 Å². The van der Waals surface area contributed by atoms with E-state index in [2.05, 4.69) is 42.7 Å².